The first-order chi connectivity index (χ1) is 4.86. The Hall–Kier alpha value is -1.39. The van der Waals surface area contributed by atoms with Gasteiger partial charge in [-0.1, -0.05) is 5.21 Å². The molecule has 5 heteroatoms. The number of carbonyl (C=O) groups is 1. The van der Waals surface area contributed by atoms with Gasteiger partial charge in [-0.05, 0) is 0 Å². The molecule has 0 saturated carbocycles. The highest BCUT2D eigenvalue weighted by Crippen LogP contribution is 2.10. The minimum Gasteiger partial charge on any atom is -0.459 e. The maximum atomic E-state index is 10.6. The van der Waals surface area contributed by atoms with E-state index < -0.39 is 0 Å². The first-order valence-corrected chi connectivity index (χ1v) is 2.90. The number of rotatable bonds is 0. The summed E-state index contributed by atoms with van der Waals surface area (Å²) in [7, 11) is 0. The minimum atomic E-state index is -0.235. The molecule has 0 aromatic carbocycles. The number of carbonyl (C=O) groups excluding carboxylic acids is 1. The van der Waals surface area contributed by atoms with E-state index in [-0.39, 0.29) is 19.0 Å². The Morgan fingerprint density at radius 3 is 3.40 bits per heavy atom. The molecule has 0 atom stereocenters. The van der Waals surface area contributed by atoms with Gasteiger partial charge in [-0.15, -0.1) is 5.10 Å². The third-order valence-corrected chi connectivity index (χ3v) is 1.39. The SMILES string of the molecule is O=C1Cc2nn[nH]c2CO1. The van der Waals surface area contributed by atoms with E-state index >= 15 is 0 Å². The number of nitrogens with one attached hydrogen (secondary N) is 1. The summed E-state index contributed by atoms with van der Waals surface area (Å²) < 4.78 is 4.71. The number of aromatic nitrogens is 3. The number of H-pyrrole nitrogens is 1. The van der Waals surface area contributed by atoms with Crippen molar-refractivity contribution in [3.8, 4) is 0 Å². The van der Waals surface area contributed by atoms with Crippen LogP contribution < -0.4 is 0 Å². The fourth-order valence-corrected chi connectivity index (χ4v) is 0.869. The van der Waals surface area contributed by atoms with Crippen molar-refractivity contribution < 1.29 is 9.53 Å². The number of cyclic esters (lactones) is 1. The molecule has 0 aliphatic carbocycles. The van der Waals surface area contributed by atoms with Crippen LogP contribution in [0.15, 0.2) is 0 Å². The first kappa shape index (κ1) is 5.40. The zero-order valence-electron chi connectivity index (χ0n) is 5.13. The Kier molecular flexibility index (Phi) is 0.969. The zero-order valence-corrected chi connectivity index (χ0v) is 5.13. The van der Waals surface area contributed by atoms with Crippen molar-refractivity contribution in [3.05, 3.63) is 11.4 Å². The van der Waals surface area contributed by atoms with Crippen LogP contribution in [0.1, 0.15) is 11.4 Å². The molecular weight excluding hydrogens is 134 g/mol. The van der Waals surface area contributed by atoms with Crippen LogP contribution in [0.25, 0.3) is 0 Å². The molecule has 1 aliphatic rings. The summed E-state index contributed by atoms with van der Waals surface area (Å²) in [5.74, 6) is -0.235. The molecule has 2 heterocycles. The molecule has 0 unspecified atom stereocenters. The van der Waals surface area contributed by atoms with Gasteiger partial charge in [-0.2, -0.15) is 0 Å². The normalized spacial score (nSPS) is 16.2. The van der Waals surface area contributed by atoms with Crippen LogP contribution in [0.3, 0.4) is 0 Å². The average molecular weight is 139 g/mol. The smallest absolute Gasteiger partial charge is 0.312 e. The molecule has 52 valence electrons. The topological polar surface area (TPSA) is 67.9 Å². The maximum absolute atomic E-state index is 10.6. The fraction of sp³-hybridized carbons (Fsp3) is 0.400. The van der Waals surface area contributed by atoms with Crippen molar-refractivity contribution in [2.75, 3.05) is 0 Å². The summed E-state index contributed by atoms with van der Waals surface area (Å²) in [5.41, 5.74) is 1.51. The van der Waals surface area contributed by atoms with Crippen LogP contribution in [0.4, 0.5) is 0 Å². The van der Waals surface area contributed by atoms with Crippen LogP contribution in [0.2, 0.25) is 0 Å². The molecular formula is C5H5N3O2. The second-order valence-corrected chi connectivity index (χ2v) is 2.07. The Labute approximate surface area is 56.4 Å². The van der Waals surface area contributed by atoms with Gasteiger partial charge in [0.15, 0.2) is 0 Å². The second kappa shape index (κ2) is 1.80. The zero-order chi connectivity index (χ0) is 6.97. The van der Waals surface area contributed by atoms with E-state index in [1.165, 1.54) is 0 Å². The first-order valence-electron chi connectivity index (χ1n) is 2.90. The van der Waals surface area contributed by atoms with Gasteiger partial charge in [0.1, 0.15) is 12.3 Å². The molecule has 0 saturated heterocycles. The molecule has 2 rings (SSSR count). The van der Waals surface area contributed by atoms with E-state index in [0.717, 1.165) is 5.69 Å². The van der Waals surface area contributed by atoms with Gasteiger partial charge in [-0.3, -0.25) is 9.89 Å². The van der Waals surface area contributed by atoms with Crippen molar-refractivity contribution >= 4 is 5.97 Å². The quantitative estimate of drug-likeness (QED) is 0.487. The summed E-state index contributed by atoms with van der Waals surface area (Å²) >= 11 is 0. The van der Waals surface area contributed by atoms with Crippen LogP contribution in [-0.4, -0.2) is 21.4 Å². The van der Waals surface area contributed by atoms with E-state index in [0.29, 0.717) is 5.69 Å². The van der Waals surface area contributed by atoms with Crippen LogP contribution in [-0.2, 0) is 22.6 Å². The molecule has 1 N–H and O–H groups in total. The van der Waals surface area contributed by atoms with Gasteiger partial charge in [0.2, 0.25) is 0 Å². The lowest BCUT2D eigenvalue weighted by molar-refractivity contribution is -0.145. The monoisotopic (exact) mass is 139 g/mol. The molecule has 5 nitrogen and oxygen atoms in total. The van der Waals surface area contributed by atoms with Gasteiger partial charge in [0, 0.05) is 0 Å². The van der Waals surface area contributed by atoms with Gasteiger partial charge < -0.3 is 4.74 Å². The van der Waals surface area contributed by atoms with Crippen molar-refractivity contribution in [1.29, 1.82) is 0 Å². The Morgan fingerprint density at radius 2 is 2.50 bits per heavy atom. The molecule has 1 aromatic rings. The number of hydrogen-bond acceptors (Lipinski definition) is 4. The summed E-state index contributed by atoms with van der Waals surface area (Å²) in [6.07, 6.45) is 0.242. The van der Waals surface area contributed by atoms with Crippen molar-refractivity contribution in [2.45, 2.75) is 13.0 Å². The predicted octanol–water partition coefficient (Wildman–Crippen LogP) is -0.596. The number of fused-ring (bicyclic) bond motifs is 1. The number of nitrogens with zero attached hydrogens (tertiary/aromatic N) is 2. The van der Waals surface area contributed by atoms with Crippen LogP contribution >= 0.6 is 0 Å². The lowest BCUT2D eigenvalue weighted by Crippen LogP contribution is -2.15. The Bertz CT molecular complexity index is 268. The molecule has 0 radical (unpaired) electrons. The standard InChI is InChI=1S/C5H5N3O2/c9-5-1-3-4(2-10-5)7-8-6-3/h1-2H2,(H,6,7,8). The molecule has 1 aliphatic heterocycles. The van der Waals surface area contributed by atoms with Gasteiger partial charge in [0.05, 0.1) is 12.1 Å². The molecule has 0 fully saturated rings. The van der Waals surface area contributed by atoms with Crippen molar-refractivity contribution in [1.82, 2.24) is 15.4 Å². The predicted molar refractivity (Wildman–Crippen MR) is 29.9 cm³/mol. The Morgan fingerprint density at radius 1 is 1.60 bits per heavy atom. The van der Waals surface area contributed by atoms with E-state index in [9.17, 15) is 4.79 Å². The number of ether oxygens (including phenoxy) is 1. The third kappa shape index (κ3) is 0.671. The largest absolute Gasteiger partial charge is 0.459 e. The highest BCUT2D eigenvalue weighted by atomic mass is 16.5. The third-order valence-electron chi connectivity index (χ3n) is 1.39. The number of esters is 1. The highest BCUT2D eigenvalue weighted by molar-refractivity contribution is 5.73. The summed E-state index contributed by atoms with van der Waals surface area (Å²) in [4.78, 5) is 10.6. The van der Waals surface area contributed by atoms with Crippen molar-refractivity contribution in [2.24, 2.45) is 0 Å². The van der Waals surface area contributed by atoms with Gasteiger partial charge in [0.25, 0.3) is 0 Å². The van der Waals surface area contributed by atoms with Gasteiger partial charge in [-0.25, -0.2) is 0 Å². The van der Waals surface area contributed by atoms with Crippen LogP contribution in [0.5, 0.6) is 0 Å². The van der Waals surface area contributed by atoms with E-state index in [2.05, 4.69) is 15.4 Å². The molecule has 10 heavy (non-hydrogen) atoms. The summed E-state index contributed by atoms with van der Waals surface area (Å²) in [5, 5.41) is 9.87. The fourth-order valence-electron chi connectivity index (χ4n) is 0.869. The molecule has 0 spiro atoms. The van der Waals surface area contributed by atoms with Crippen LogP contribution in [0, 0.1) is 0 Å². The summed E-state index contributed by atoms with van der Waals surface area (Å²) in [6.45, 7) is 0.279. The van der Waals surface area contributed by atoms with Gasteiger partial charge >= 0.3 is 5.97 Å². The Balaban J connectivity index is 2.39. The molecule has 1 aromatic heterocycles. The summed E-state index contributed by atoms with van der Waals surface area (Å²) in [6, 6.07) is 0. The minimum absolute atomic E-state index is 0.235. The van der Waals surface area contributed by atoms with Crippen molar-refractivity contribution in [3.63, 3.8) is 0 Å². The number of hydrogen-bond donors (Lipinski definition) is 1. The second-order valence-electron chi connectivity index (χ2n) is 2.07. The molecule has 0 amide bonds. The van der Waals surface area contributed by atoms with E-state index in [1.807, 2.05) is 0 Å². The average Bonchev–Trinajstić information content (AvgIpc) is 2.33. The lowest BCUT2D eigenvalue weighted by atomic mass is 10.2. The maximum Gasteiger partial charge on any atom is 0.312 e. The number of aromatic amines is 1. The highest BCUT2D eigenvalue weighted by Gasteiger charge is 2.18. The van der Waals surface area contributed by atoms with E-state index in [1.54, 1.807) is 0 Å². The lowest BCUT2D eigenvalue weighted by Gasteiger charge is -2.07. The molecule has 0 bridgehead atoms. The van der Waals surface area contributed by atoms with E-state index in [4.69, 9.17) is 4.74 Å².